The summed E-state index contributed by atoms with van der Waals surface area (Å²) in [5.74, 6) is 0.903. The minimum Gasteiger partial charge on any atom is -0.481 e. The first-order valence-electron chi connectivity index (χ1n) is 6.77. The van der Waals surface area contributed by atoms with Crippen LogP contribution in [0.3, 0.4) is 0 Å². The van der Waals surface area contributed by atoms with Crippen LogP contribution in [0.1, 0.15) is 45.1 Å². The fraction of sp³-hybridized carbons (Fsp3) is 0.643. The SMILES string of the molecule is CCc1cc(N(CCCC(=O)O)C(C)C)nc(C)n1. The fourth-order valence-corrected chi connectivity index (χ4v) is 1.98. The number of hydrogen-bond acceptors (Lipinski definition) is 4. The molecule has 5 nitrogen and oxygen atoms in total. The number of hydrogen-bond donors (Lipinski definition) is 1. The summed E-state index contributed by atoms with van der Waals surface area (Å²) in [6.45, 7) is 8.82. The van der Waals surface area contributed by atoms with Gasteiger partial charge < -0.3 is 10.0 Å². The molecule has 0 fully saturated rings. The Balaban J connectivity index is 2.86. The van der Waals surface area contributed by atoms with Gasteiger partial charge >= 0.3 is 5.97 Å². The number of carboxylic acids is 1. The lowest BCUT2D eigenvalue weighted by Gasteiger charge is -2.28. The Morgan fingerprint density at radius 2 is 2.11 bits per heavy atom. The van der Waals surface area contributed by atoms with E-state index < -0.39 is 5.97 Å². The van der Waals surface area contributed by atoms with Gasteiger partial charge in [-0.25, -0.2) is 9.97 Å². The number of aromatic nitrogens is 2. The molecule has 106 valence electrons. The largest absolute Gasteiger partial charge is 0.481 e. The lowest BCUT2D eigenvalue weighted by atomic mass is 10.2. The van der Waals surface area contributed by atoms with Crippen LogP contribution in [0.2, 0.25) is 0 Å². The first-order chi connectivity index (χ1) is 8.93. The lowest BCUT2D eigenvalue weighted by Crippen LogP contribution is -2.33. The molecule has 0 spiro atoms. The average molecular weight is 265 g/mol. The Kier molecular flexibility index (Phi) is 5.73. The molecule has 0 bridgehead atoms. The summed E-state index contributed by atoms with van der Waals surface area (Å²) in [4.78, 5) is 21.6. The van der Waals surface area contributed by atoms with Gasteiger partial charge in [-0.15, -0.1) is 0 Å². The maximum atomic E-state index is 10.6. The van der Waals surface area contributed by atoms with Gasteiger partial charge in [-0.2, -0.15) is 0 Å². The topological polar surface area (TPSA) is 66.3 Å². The number of anilines is 1. The van der Waals surface area contributed by atoms with Gasteiger partial charge in [0, 0.05) is 30.8 Å². The quantitative estimate of drug-likeness (QED) is 0.820. The number of carbonyl (C=O) groups is 1. The number of carboxylic acid groups (broad SMARTS) is 1. The monoisotopic (exact) mass is 265 g/mol. The summed E-state index contributed by atoms with van der Waals surface area (Å²) in [5.41, 5.74) is 1.02. The minimum absolute atomic E-state index is 0.188. The molecule has 5 heteroatoms. The summed E-state index contributed by atoms with van der Waals surface area (Å²) < 4.78 is 0. The molecule has 0 aliphatic rings. The first-order valence-corrected chi connectivity index (χ1v) is 6.77. The van der Waals surface area contributed by atoms with E-state index in [0.717, 1.165) is 23.8 Å². The zero-order chi connectivity index (χ0) is 14.4. The maximum Gasteiger partial charge on any atom is 0.303 e. The van der Waals surface area contributed by atoms with Crippen LogP contribution in [0.5, 0.6) is 0 Å². The number of rotatable bonds is 7. The molecular formula is C14H23N3O2. The maximum absolute atomic E-state index is 10.6. The number of nitrogens with zero attached hydrogens (tertiary/aromatic N) is 3. The van der Waals surface area contributed by atoms with Crippen LogP contribution in [0.15, 0.2) is 6.07 Å². The second-order valence-electron chi connectivity index (χ2n) is 4.90. The van der Waals surface area contributed by atoms with E-state index in [0.29, 0.717) is 13.0 Å². The van der Waals surface area contributed by atoms with Gasteiger partial charge in [0.25, 0.3) is 0 Å². The predicted molar refractivity (Wildman–Crippen MR) is 75.5 cm³/mol. The molecule has 0 aliphatic carbocycles. The van der Waals surface area contributed by atoms with Gasteiger partial charge in [-0.3, -0.25) is 4.79 Å². The molecule has 0 saturated heterocycles. The van der Waals surface area contributed by atoms with E-state index >= 15 is 0 Å². The van der Waals surface area contributed by atoms with Gasteiger partial charge in [0.05, 0.1) is 0 Å². The van der Waals surface area contributed by atoms with Crippen molar-refractivity contribution in [1.29, 1.82) is 0 Å². The van der Waals surface area contributed by atoms with E-state index in [4.69, 9.17) is 5.11 Å². The van der Waals surface area contributed by atoms with Crippen molar-refractivity contribution in [1.82, 2.24) is 9.97 Å². The second-order valence-corrected chi connectivity index (χ2v) is 4.90. The van der Waals surface area contributed by atoms with Crippen molar-refractivity contribution in [2.45, 2.75) is 53.0 Å². The molecule has 1 heterocycles. The van der Waals surface area contributed by atoms with Crippen molar-refractivity contribution in [2.75, 3.05) is 11.4 Å². The second kappa shape index (κ2) is 7.07. The molecule has 0 aliphatic heterocycles. The molecule has 19 heavy (non-hydrogen) atoms. The van der Waals surface area contributed by atoms with Crippen LogP contribution in [-0.2, 0) is 11.2 Å². The van der Waals surface area contributed by atoms with Gasteiger partial charge in [0.2, 0.25) is 0 Å². The van der Waals surface area contributed by atoms with E-state index in [1.807, 2.05) is 13.0 Å². The van der Waals surface area contributed by atoms with Crippen molar-refractivity contribution in [3.8, 4) is 0 Å². The highest BCUT2D eigenvalue weighted by Crippen LogP contribution is 2.17. The highest BCUT2D eigenvalue weighted by atomic mass is 16.4. The summed E-state index contributed by atoms with van der Waals surface area (Å²) in [7, 11) is 0. The Morgan fingerprint density at radius 3 is 2.63 bits per heavy atom. The Hall–Kier alpha value is -1.65. The van der Waals surface area contributed by atoms with Crippen LogP contribution >= 0.6 is 0 Å². The zero-order valence-corrected chi connectivity index (χ0v) is 12.2. The normalized spacial score (nSPS) is 10.8. The van der Waals surface area contributed by atoms with Crippen LogP contribution in [0.4, 0.5) is 5.82 Å². The molecule has 1 aromatic rings. The van der Waals surface area contributed by atoms with Crippen LogP contribution < -0.4 is 4.90 Å². The average Bonchev–Trinajstić information content (AvgIpc) is 2.32. The molecule has 0 unspecified atom stereocenters. The van der Waals surface area contributed by atoms with Crippen molar-refractivity contribution in [3.63, 3.8) is 0 Å². The standard InChI is InChI=1S/C14H23N3O2/c1-5-12-9-13(16-11(4)15-12)17(10(2)3)8-6-7-14(18)19/h9-10H,5-8H2,1-4H3,(H,18,19). The Labute approximate surface area is 114 Å². The van der Waals surface area contributed by atoms with E-state index in [2.05, 4.69) is 35.6 Å². The molecule has 0 saturated carbocycles. The van der Waals surface area contributed by atoms with Crippen LogP contribution in [0.25, 0.3) is 0 Å². The first kappa shape index (κ1) is 15.4. The summed E-state index contributed by atoms with van der Waals surface area (Å²) in [6.07, 6.45) is 1.68. The highest BCUT2D eigenvalue weighted by molar-refractivity contribution is 5.66. The molecule has 1 rings (SSSR count). The van der Waals surface area contributed by atoms with E-state index in [1.54, 1.807) is 0 Å². The third kappa shape index (κ3) is 4.85. The van der Waals surface area contributed by atoms with E-state index in [1.165, 1.54) is 0 Å². The summed E-state index contributed by atoms with van der Waals surface area (Å²) >= 11 is 0. The molecule has 0 aromatic carbocycles. The molecular weight excluding hydrogens is 242 g/mol. The summed E-state index contributed by atoms with van der Waals surface area (Å²) in [5, 5.41) is 8.72. The van der Waals surface area contributed by atoms with Gasteiger partial charge in [0.1, 0.15) is 11.6 Å². The zero-order valence-electron chi connectivity index (χ0n) is 12.2. The van der Waals surface area contributed by atoms with Crippen molar-refractivity contribution < 1.29 is 9.90 Å². The number of aliphatic carboxylic acids is 1. The lowest BCUT2D eigenvalue weighted by molar-refractivity contribution is -0.137. The van der Waals surface area contributed by atoms with Crippen molar-refractivity contribution >= 4 is 11.8 Å². The van der Waals surface area contributed by atoms with Gasteiger partial charge in [-0.1, -0.05) is 6.92 Å². The highest BCUT2D eigenvalue weighted by Gasteiger charge is 2.14. The molecule has 1 N–H and O–H groups in total. The third-order valence-corrected chi connectivity index (χ3v) is 2.95. The summed E-state index contributed by atoms with van der Waals surface area (Å²) in [6, 6.07) is 2.28. The Morgan fingerprint density at radius 1 is 1.42 bits per heavy atom. The Bertz CT molecular complexity index is 433. The van der Waals surface area contributed by atoms with E-state index in [-0.39, 0.29) is 12.5 Å². The van der Waals surface area contributed by atoms with Crippen LogP contribution in [0, 0.1) is 6.92 Å². The fourth-order valence-electron chi connectivity index (χ4n) is 1.98. The predicted octanol–water partition coefficient (Wildman–Crippen LogP) is 2.43. The minimum atomic E-state index is -0.753. The van der Waals surface area contributed by atoms with Crippen molar-refractivity contribution in [3.05, 3.63) is 17.6 Å². The van der Waals surface area contributed by atoms with Crippen LogP contribution in [-0.4, -0.2) is 33.6 Å². The van der Waals surface area contributed by atoms with Crippen molar-refractivity contribution in [2.24, 2.45) is 0 Å². The molecule has 0 radical (unpaired) electrons. The van der Waals surface area contributed by atoms with E-state index in [9.17, 15) is 4.79 Å². The molecule has 0 atom stereocenters. The molecule has 0 amide bonds. The number of aryl methyl sites for hydroxylation is 2. The third-order valence-electron chi connectivity index (χ3n) is 2.95. The van der Waals surface area contributed by atoms with Gasteiger partial charge in [0.15, 0.2) is 0 Å². The smallest absolute Gasteiger partial charge is 0.303 e. The van der Waals surface area contributed by atoms with Gasteiger partial charge in [-0.05, 0) is 33.6 Å². The molecule has 1 aromatic heterocycles.